The Bertz CT molecular complexity index is 501. The molecule has 2 nitrogen and oxygen atoms in total. The van der Waals surface area contributed by atoms with E-state index in [4.69, 9.17) is 5.73 Å². The number of pyridine rings is 1. The van der Waals surface area contributed by atoms with Crippen LogP contribution in [0.1, 0.15) is 49.3 Å². The number of nitrogens with zero attached hydrogens (tertiary/aromatic N) is 1. The minimum atomic E-state index is -4.13. The fourth-order valence-corrected chi connectivity index (χ4v) is 4.14. The standard InChI is InChI=1S/C16H21F3N2/c17-16(18,19)13-6-2-1-5-11(13)14(20)12-8-7-10-4-3-9-21-15(10)12/h3-4,9,11-14H,1-2,5-8,20H2. The first-order chi connectivity index (χ1) is 9.98. The smallest absolute Gasteiger partial charge is 0.327 e. The summed E-state index contributed by atoms with van der Waals surface area (Å²) in [5.41, 5.74) is 8.39. The van der Waals surface area contributed by atoms with E-state index in [9.17, 15) is 13.2 Å². The zero-order chi connectivity index (χ0) is 15.0. The Balaban J connectivity index is 1.82. The summed E-state index contributed by atoms with van der Waals surface area (Å²) in [6.45, 7) is 0. The Labute approximate surface area is 122 Å². The van der Waals surface area contributed by atoms with E-state index in [-0.39, 0.29) is 12.3 Å². The summed E-state index contributed by atoms with van der Waals surface area (Å²) in [6, 6.07) is 3.45. The second-order valence-corrected chi connectivity index (χ2v) is 6.37. The highest BCUT2D eigenvalue weighted by atomic mass is 19.4. The predicted octanol–water partition coefficient (Wildman–Crippen LogP) is 3.81. The molecule has 21 heavy (non-hydrogen) atoms. The topological polar surface area (TPSA) is 38.9 Å². The van der Waals surface area contributed by atoms with Crippen molar-refractivity contribution in [1.82, 2.24) is 4.98 Å². The third-order valence-electron chi connectivity index (χ3n) is 5.20. The first-order valence-corrected chi connectivity index (χ1v) is 7.74. The number of halogens is 3. The molecule has 116 valence electrons. The molecule has 0 saturated heterocycles. The van der Waals surface area contributed by atoms with Gasteiger partial charge < -0.3 is 5.73 Å². The number of hydrogen-bond acceptors (Lipinski definition) is 2. The summed E-state index contributed by atoms with van der Waals surface area (Å²) in [7, 11) is 0. The van der Waals surface area contributed by atoms with Gasteiger partial charge in [0.15, 0.2) is 0 Å². The highest BCUT2D eigenvalue weighted by Gasteiger charge is 2.49. The SMILES string of the molecule is NC(C1CCc2cccnc21)C1CCCCC1C(F)(F)F. The maximum absolute atomic E-state index is 13.3. The molecule has 4 unspecified atom stereocenters. The lowest BCUT2D eigenvalue weighted by atomic mass is 9.71. The van der Waals surface area contributed by atoms with E-state index < -0.39 is 24.1 Å². The van der Waals surface area contributed by atoms with Crippen molar-refractivity contribution in [1.29, 1.82) is 0 Å². The van der Waals surface area contributed by atoms with E-state index in [1.165, 1.54) is 0 Å². The van der Waals surface area contributed by atoms with Crippen molar-refractivity contribution in [3.63, 3.8) is 0 Å². The zero-order valence-corrected chi connectivity index (χ0v) is 11.9. The van der Waals surface area contributed by atoms with E-state index in [0.29, 0.717) is 12.8 Å². The highest BCUT2D eigenvalue weighted by molar-refractivity contribution is 5.30. The molecule has 0 aliphatic heterocycles. The maximum atomic E-state index is 13.3. The highest BCUT2D eigenvalue weighted by Crippen LogP contribution is 2.46. The van der Waals surface area contributed by atoms with Gasteiger partial charge in [-0.3, -0.25) is 4.98 Å². The molecule has 2 aliphatic carbocycles. The van der Waals surface area contributed by atoms with Gasteiger partial charge in [0.05, 0.1) is 5.92 Å². The van der Waals surface area contributed by atoms with Crippen molar-refractivity contribution in [2.24, 2.45) is 17.6 Å². The molecule has 1 heterocycles. The van der Waals surface area contributed by atoms with Gasteiger partial charge in [0.2, 0.25) is 0 Å². The molecule has 2 N–H and O–H groups in total. The Hall–Kier alpha value is -1.10. The summed E-state index contributed by atoms with van der Waals surface area (Å²) < 4.78 is 39.8. The summed E-state index contributed by atoms with van der Waals surface area (Å²) in [4.78, 5) is 4.38. The molecule has 2 aliphatic rings. The molecular weight excluding hydrogens is 277 g/mol. The lowest BCUT2D eigenvalue weighted by molar-refractivity contribution is -0.199. The van der Waals surface area contributed by atoms with Gasteiger partial charge in [-0.05, 0) is 43.2 Å². The first-order valence-electron chi connectivity index (χ1n) is 7.74. The van der Waals surface area contributed by atoms with Crippen LogP contribution in [-0.4, -0.2) is 17.2 Å². The van der Waals surface area contributed by atoms with Gasteiger partial charge in [-0.15, -0.1) is 0 Å². The van der Waals surface area contributed by atoms with Gasteiger partial charge in [0.25, 0.3) is 0 Å². The number of fused-ring (bicyclic) bond motifs is 1. The van der Waals surface area contributed by atoms with E-state index in [2.05, 4.69) is 4.98 Å². The van der Waals surface area contributed by atoms with Crippen LogP contribution in [0.25, 0.3) is 0 Å². The Kier molecular flexibility index (Phi) is 3.95. The van der Waals surface area contributed by atoms with Crippen LogP contribution in [0.5, 0.6) is 0 Å². The third kappa shape index (κ3) is 2.80. The summed E-state index contributed by atoms with van der Waals surface area (Å²) in [5, 5.41) is 0. The Morgan fingerprint density at radius 1 is 1.19 bits per heavy atom. The number of nitrogens with two attached hydrogens (primary N) is 1. The molecule has 0 spiro atoms. The summed E-state index contributed by atoms with van der Waals surface area (Å²) in [5.74, 6) is -1.72. The van der Waals surface area contributed by atoms with Crippen LogP contribution >= 0.6 is 0 Å². The second kappa shape index (κ2) is 5.59. The molecule has 0 amide bonds. The largest absolute Gasteiger partial charge is 0.392 e. The number of aryl methyl sites for hydroxylation is 1. The zero-order valence-electron chi connectivity index (χ0n) is 11.9. The molecule has 5 heteroatoms. The van der Waals surface area contributed by atoms with E-state index in [1.54, 1.807) is 6.20 Å². The molecule has 0 radical (unpaired) electrons. The van der Waals surface area contributed by atoms with Gasteiger partial charge >= 0.3 is 6.18 Å². The lowest BCUT2D eigenvalue weighted by Crippen LogP contribution is -2.45. The van der Waals surface area contributed by atoms with Gasteiger partial charge in [-0.2, -0.15) is 13.2 Å². The fourth-order valence-electron chi connectivity index (χ4n) is 4.14. The normalized spacial score (nSPS) is 31.0. The maximum Gasteiger partial charge on any atom is 0.392 e. The molecule has 1 aromatic rings. The minimum Gasteiger partial charge on any atom is -0.327 e. The van der Waals surface area contributed by atoms with Gasteiger partial charge in [-0.1, -0.05) is 18.9 Å². The van der Waals surface area contributed by atoms with Crippen molar-refractivity contribution in [3.8, 4) is 0 Å². The molecule has 3 rings (SSSR count). The van der Waals surface area contributed by atoms with E-state index in [0.717, 1.165) is 30.5 Å². The summed E-state index contributed by atoms with van der Waals surface area (Å²) in [6.07, 6.45) is 1.62. The van der Waals surface area contributed by atoms with Crippen LogP contribution in [0.2, 0.25) is 0 Å². The average Bonchev–Trinajstić information content (AvgIpc) is 2.89. The van der Waals surface area contributed by atoms with Crippen LogP contribution in [0, 0.1) is 11.8 Å². The Morgan fingerprint density at radius 3 is 2.71 bits per heavy atom. The van der Waals surface area contributed by atoms with Gasteiger partial charge in [0, 0.05) is 23.9 Å². The number of aromatic nitrogens is 1. The van der Waals surface area contributed by atoms with Crippen molar-refractivity contribution in [3.05, 3.63) is 29.6 Å². The number of alkyl halides is 3. The van der Waals surface area contributed by atoms with E-state index >= 15 is 0 Å². The van der Waals surface area contributed by atoms with Crippen molar-refractivity contribution >= 4 is 0 Å². The van der Waals surface area contributed by atoms with Crippen LogP contribution in [0.3, 0.4) is 0 Å². The first kappa shape index (κ1) is 14.8. The van der Waals surface area contributed by atoms with Gasteiger partial charge in [-0.25, -0.2) is 0 Å². The minimum absolute atomic E-state index is 0.0193. The van der Waals surface area contributed by atoms with Crippen molar-refractivity contribution in [2.75, 3.05) is 0 Å². The van der Waals surface area contributed by atoms with Crippen LogP contribution in [0.15, 0.2) is 18.3 Å². The third-order valence-corrected chi connectivity index (χ3v) is 5.20. The van der Waals surface area contributed by atoms with E-state index in [1.807, 2.05) is 12.1 Å². The molecule has 0 bridgehead atoms. The average molecular weight is 298 g/mol. The number of hydrogen-bond donors (Lipinski definition) is 1. The predicted molar refractivity (Wildman–Crippen MR) is 74.8 cm³/mol. The molecule has 1 fully saturated rings. The van der Waals surface area contributed by atoms with Gasteiger partial charge in [0.1, 0.15) is 0 Å². The summed E-state index contributed by atoms with van der Waals surface area (Å²) >= 11 is 0. The quantitative estimate of drug-likeness (QED) is 0.901. The van der Waals surface area contributed by atoms with Crippen molar-refractivity contribution < 1.29 is 13.2 Å². The second-order valence-electron chi connectivity index (χ2n) is 6.37. The van der Waals surface area contributed by atoms with Crippen LogP contribution in [-0.2, 0) is 6.42 Å². The van der Waals surface area contributed by atoms with Crippen molar-refractivity contribution in [2.45, 2.75) is 56.7 Å². The molecule has 1 saturated carbocycles. The van der Waals surface area contributed by atoms with Crippen LogP contribution < -0.4 is 5.73 Å². The Morgan fingerprint density at radius 2 is 1.95 bits per heavy atom. The molecule has 0 aromatic carbocycles. The fraction of sp³-hybridized carbons (Fsp3) is 0.688. The number of rotatable bonds is 2. The monoisotopic (exact) mass is 298 g/mol. The van der Waals surface area contributed by atoms with Crippen LogP contribution in [0.4, 0.5) is 13.2 Å². The molecule has 4 atom stereocenters. The molecular formula is C16H21F3N2. The molecule has 1 aromatic heterocycles. The lowest BCUT2D eigenvalue weighted by Gasteiger charge is -2.38.